The number of aromatic nitrogens is 6. The van der Waals surface area contributed by atoms with Crippen LogP contribution in [0.4, 0.5) is 20.3 Å². The first-order valence-electron chi connectivity index (χ1n) is 9.14. The molecule has 1 aliphatic heterocycles. The van der Waals surface area contributed by atoms with Crippen LogP contribution >= 0.6 is 0 Å². The van der Waals surface area contributed by atoms with Gasteiger partial charge in [-0.05, 0) is 19.1 Å². The Morgan fingerprint density at radius 3 is 2.71 bits per heavy atom. The topological polar surface area (TPSA) is 144 Å². The van der Waals surface area contributed by atoms with Crippen LogP contribution in [-0.4, -0.2) is 52.1 Å². The highest BCUT2D eigenvalue weighted by atomic mass is 19.1. The zero-order valence-electron chi connectivity index (χ0n) is 15.8. The zero-order valence-corrected chi connectivity index (χ0v) is 15.8. The lowest BCUT2D eigenvalue weighted by Gasteiger charge is -2.16. The Hall–Kier alpha value is -3.55. The van der Waals surface area contributed by atoms with E-state index in [2.05, 4.69) is 30.4 Å². The van der Waals surface area contributed by atoms with Crippen LogP contribution in [0.25, 0.3) is 11.2 Å². The van der Waals surface area contributed by atoms with E-state index in [1.54, 1.807) is 6.92 Å². The predicted molar refractivity (Wildman–Crippen MR) is 98.9 cm³/mol. The summed E-state index contributed by atoms with van der Waals surface area (Å²) in [7, 11) is 0. The van der Waals surface area contributed by atoms with E-state index in [9.17, 15) is 19.0 Å². The van der Waals surface area contributed by atoms with Gasteiger partial charge in [0.15, 0.2) is 35.1 Å². The summed E-state index contributed by atoms with van der Waals surface area (Å²) in [5.41, 5.74) is 0.488. The van der Waals surface area contributed by atoms with E-state index in [4.69, 9.17) is 9.26 Å². The van der Waals surface area contributed by atoms with Gasteiger partial charge in [0, 0.05) is 6.07 Å². The summed E-state index contributed by atoms with van der Waals surface area (Å²) in [6.07, 6.45) is -2.26. The largest absolute Gasteiger partial charge is 0.387 e. The third-order valence-electron chi connectivity index (χ3n) is 4.84. The van der Waals surface area contributed by atoms with Gasteiger partial charge in [0.1, 0.15) is 30.2 Å². The normalized spacial score (nSPS) is 23.5. The van der Waals surface area contributed by atoms with Gasteiger partial charge in [-0.3, -0.25) is 4.57 Å². The van der Waals surface area contributed by atoms with Gasteiger partial charge >= 0.3 is 0 Å². The molecule has 1 aromatic carbocycles. The fraction of sp³-hybridized carbons (Fsp3) is 0.278. The van der Waals surface area contributed by atoms with Gasteiger partial charge < -0.3 is 24.8 Å². The number of hydrogen-bond donors (Lipinski definition) is 3. The van der Waals surface area contributed by atoms with E-state index >= 15 is 0 Å². The molecule has 160 valence electrons. The Morgan fingerprint density at radius 2 is 1.97 bits per heavy atom. The summed E-state index contributed by atoms with van der Waals surface area (Å²) in [4.78, 5) is 16.5. The lowest BCUT2D eigenvalue weighted by molar-refractivity contribution is -0.0451. The minimum absolute atomic E-state index is 0.00430. The van der Waals surface area contributed by atoms with Crippen LogP contribution in [0.15, 0.2) is 35.4 Å². The van der Waals surface area contributed by atoms with E-state index in [0.717, 1.165) is 12.1 Å². The van der Waals surface area contributed by atoms with Crippen LogP contribution < -0.4 is 5.32 Å². The van der Waals surface area contributed by atoms with Crippen LogP contribution in [-0.2, 0) is 4.74 Å². The molecule has 0 unspecified atom stereocenters. The second-order valence-electron chi connectivity index (χ2n) is 6.90. The first kappa shape index (κ1) is 19.4. The van der Waals surface area contributed by atoms with E-state index in [1.807, 2.05) is 0 Å². The standard InChI is InChI=1S/C18H15F2N7O4/c1-7-24-17(31-26-7)14-12(28)13(29)18(30-14)27-6-23-11-15(21-5-22-16(11)27)25-10-3-2-8(19)4-9(10)20/h2-6,12-14,18,28-29H,1H3,(H,21,22,25)/t12-,13+,14-,18+/m0/s1. The van der Waals surface area contributed by atoms with Crippen LogP contribution in [0.3, 0.4) is 0 Å². The van der Waals surface area contributed by atoms with Crippen molar-refractivity contribution in [3.05, 3.63) is 54.2 Å². The van der Waals surface area contributed by atoms with Crippen LogP contribution in [0.1, 0.15) is 24.0 Å². The number of aliphatic hydroxyl groups excluding tert-OH is 2. The summed E-state index contributed by atoms with van der Waals surface area (Å²) in [6, 6.07) is 3.07. The maximum Gasteiger partial charge on any atom is 0.258 e. The van der Waals surface area contributed by atoms with Crippen molar-refractivity contribution in [3.63, 3.8) is 0 Å². The highest BCUT2D eigenvalue weighted by Crippen LogP contribution is 2.39. The molecule has 4 aromatic rings. The molecule has 0 spiro atoms. The fourth-order valence-corrected chi connectivity index (χ4v) is 3.37. The molecule has 4 atom stereocenters. The second kappa shape index (κ2) is 7.30. The molecular weight excluding hydrogens is 416 g/mol. The van der Waals surface area contributed by atoms with Crippen molar-refractivity contribution in [1.29, 1.82) is 0 Å². The van der Waals surface area contributed by atoms with E-state index in [1.165, 1.54) is 23.3 Å². The number of aliphatic hydroxyl groups is 2. The number of halogens is 2. The first-order valence-corrected chi connectivity index (χ1v) is 9.14. The number of ether oxygens (including phenoxy) is 1. The molecular formula is C18H15F2N7O4. The van der Waals surface area contributed by atoms with Crippen LogP contribution in [0, 0.1) is 18.6 Å². The van der Waals surface area contributed by atoms with Crippen molar-refractivity contribution in [1.82, 2.24) is 29.7 Å². The van der Waals surface area contributed by atoms with E-state index < -0.39 is 36.2 Å². The van der Waals surface area contributed by atoms with Crippen molar-refractivity contribution >= 4 is 22.7 Å². The van der Waals surface area contributed by atoms with Gasteiger partial charge in [-0.2, -0.15) is 4.98 Å². The van der Waals surface area contributed by atoms with Gasteiger partial charge in [0.05, 0.1) is 12.0 Å². The summed E-state index contributed by atoms with van der Waals surface area (Å²) >= 11 is 0. The van der Waals surface area contributed by atoms with E-state index in [0.29, 0.717) is 5.82 Å². The summed E-state index contributed by atoms with van der Waals surface area (Å²) in [5.74, 6) is -0.974. The van der Waals surface area contributed by atoms with Crippen molar-refractivity contribution in [3.8, 4) is 0 Å². The summed E-state index contributed by atoms with van der Waals surface area (Å²) in [6.45, 7) is 1.61. The maximum absolute atomic E-state index is 14.0. The average molecular weight is 431 g/mol. The molecule has 1 aliphatic rings. The third-order valence-corrected chi connectivity index (χ3v) is 4.84. The Morgan fingerprint density at radius 1 is 1.13 bits per heavy atom. The molecule has 1 saturated heterocycles. The molecule has 0 bridgehead atoms. The molecule has 11 nitrogen and oxygen atoms in total. The molecule has 5 rings (SSSR count). The molecule has 3 aromatic heterocycles. The second-order valence-corrected chi connectivity index (χ2v) is 6.90. The first-order chi connectivity index (χ1) is 14.9. The average Bonchev–Trinajstić information content (AvgIpc) is 3.43. The number of nitrogens with zero attached hydrogens (tertiary/aromatic N) is 6. The SMILES string of the molecule is Cc1noc([C@H]2O[C@@H](n3cnc4c(Nc5ccc(F)cc5F)ncnc43)[C@H](O)[C@@H]2O)n1. The van der Waals surface area contributed by atoms with E-state index in [-0.39, 0.29) is 28.6 Å². The molecule has 0 radical (unpaired) electrons. The molecule has 0 amide bonds. The summed E-state index contributed by atoms with van der Waals surface area (Å²) < 4.78 is 39.4. The Bertz CT molecular complexity index is 1260. The lowest BCUT2D eigenvalue weighted by atomic mass is 10.1. The van der Waals surface area contributed by atoms with Crippen molar-refractivity contribution < 1.29 is 28.3 Å². The smallest absolute Gasteiger partial charge is 0.258 e. The molecule has 31 heavy (non-hydrogen) atoms. The highest BCUT2D eigenvalue weighted by molar-refractivity contribution is 5.85. The lowest BCUT2D eigenvalue weighted by Crippen LogP contribution is -2.29. The quantitative estimate of drug-likeness (QED) is 0.435. The number of benzene rings is 1. The Kier molecular flexibility index (Phi) is 4.57. The molecule has 13 heteroatoms. The number of imidazole rings is 1. The number of hydrogen-bond acceptors (Lipinski definition) is 10. The van der Waals surface area contributed by atoms with Crippen molar-refractivity contribution in [2.45, 2.75) is 31.5 Å². The van der Waals surface area contributed by atoms with Crippen molar-refractivity contribution in [2.24, 2.45) is 0 Å². The third kappa shape index (κ3) is 3.28. The fourth-order valence-electron chi connectivity index (χ4n) is 3.37. The van der Waals surface area contributed by atoms with Crippen molar-refractivity contribution in [2.75, 3.05) is 5.32 Å². The maximum atomic E-state index is 14.0. The van der Waals surface area contributed by atoms with Gasteiger partial charge in [-0.15, -0.1) is 0 Å². The Labute approximate surface area is 172 Å². The number of rotatable bonds is 4. The molecule has 1 fully saturated rings. The highest BCUT2D eigenvalue weighted by Gasteiger charge is 2.47. The Balaban J connectivity index is 1.48. The minimum atomic E-state index is -1.35. The van der Waals surface area contributed by atoms with Gasteiger partial charge in [-0.25, -0.2) is 23.7 Å². The molecule has 3 N–H and O–H groups in total. The number of anilines is 2. The van der Waals surface area contributed by atoms with Gasteiger partial charge in [-0.1, -0.05) is 5.16 Å². The van der Waals surface area contributed by atoms with Gasteiger partial charge in [0.25, 0.3) is 5.89 Å². The number of aryl methyl sites for hydroxylation is 1. The molecule has 4 heterocycles. The zero-order chi connectivity index (χ0) is 21.7. The minimum Gasteiger partial charge on any atom is -0.387 e. The monoisotopic (exact) mass is 431 g/mol. The van der Waals surface area contributed by atoms with Crippen LogP contribution in [0.5, 0.6) is 0 Å². The molecule has 0 saturated carbocycles. The predicted octanol–water partition coefficient (Wildman–Crippen LogP) is 1.53. The van der Waals surface area contributed by atoms with Crippen LogP contribution in [0.2, 0.25) is 0 Å². The number of nitrogens with one attached hydrogen (secondary N) is 1. The molecule has 0 aliphatic carbocycles. The number of fused-ring (bicyclic) bond motifs is 1. The van der Waals surface area contributed by atoms with Gasteiger partial charge in [0.2, 0.25) is 0 Å². The summed E-state index contributed by atoms with van der Waals surface area (Å²) in [5, 5.41) is 27.4.